The zero-order valence-electron chi connectivity index (χ0n) is 11.5. The minimum Gasteiger partial charge on any atom is -0.337 e. The average Bonchev–Trinajstić information content (AvgIpc) is 2.41. The Bertz CT molecular complexity index is 445. The summed E-state index contributed by atoms with van der Waals surface area (Å²) in [6.07, 6.45) is 0.570. The average molecular weight is 335 g/mol. The first-order valence-corrected chi connectivity index (χ1v) is 7.92. The topological polar surface area (TPSA) is 32.3 Å². The van der Waals surface area contributed by atoms with E-state index in [-0.39, 0.29) is 18.3 Å². The lowest BCUT2D eigenvalue weighted by atomic mass is 10.2. The Balaban J connectivity index is 0.00000200. The molecule has 1 amide bonds. The van der Waals surface area contributed by atoms with Crippen molar-refractivity contribution in [3.8, 4) is 0 Å². The molecule has 3 nitrogen and oxygen atoms in total. The van der Waals surface area contributed by atoms with Gasteiger partial charge in [-0.25, -0.2) is 0 Å². The first-order chi connectivity index (χ1) is 9.18. The summed E-state index contributed by atoms with van der Waals surface area (Å²) in [6.45, 7) is 4.69. The Hall–Kier alpha value is -0.420. The van der Waals surface area contributed by atoms with Gasteiger partial charge in [-0.2, -0.15) is 0 Å². The number of piperazine rings is 1. The Morgan fingerprint density at radius 3 is 2.95 bits per heavy atom. The fourth-order valence-corrected chi connectivity index (χ4v) is 3.34. The fraction of sp³-hybridized carbons (Fsp3) is 0.500. The summed E-state index contributed by atoms with van der Waals surface area (Å²) in [5.41, 5.74) is 0. The predicted molar refractivity (Wildman–Crippen MR) is 88.1 cm³/mol. The molecule has 1 atom stereocenters. The summed E-state index contributed by atoms with van der Waals surface area (Å²) in [4.78, 5) is 15.2. The maximum absolute atomic E-state index is 12.1. The van der Waals surface area contributed by atoms with E-state index in [0.29, 0.717) is 12.5 Å². The number of halogens is 2. The van der Waals surface area contributed by atoms with Gasteiger partial charge in [-0.05, 0) is 19.1 Å². The predicted octanol–water partition coefficient (Wildman–Crippen LogP) is 3.06. The number of hydrogen-bond acceptors (Lipinski definition) is 3. The molecule has 1 aromatic rings. The van der Waals surface area contributed by atoms with E-state index in [9.17, 15) is 4.79 Å². The van der Waals surface area contributed by atoms with E-state index in [1.165, 1.54) is 0 Å². The minimum atomic E-state index is 0. The number of amides is 1. The summed E-state index contributed by atoms with van der Waals surface area (Å²) in [5.74, 6) is 1.02. The number of hydrogen-bond donors (Lipinski definition) is 1. The van der Waals surface area contributed by atoms with Crippen molar-refractivity contribution >= 4 is 41.7 Å². The van der Waals surface area contributed by atoms with Gasteiger partial charge in [0.15, 0.2) is 0 Å². The van der Waals surface area contributed by atoms with Crippen LogP contribution in [0.5, 0.6) is 0 Å². The van der Waals surface area contributed by atoms with Crippen LogP contribution in [0.3, 0.4) is 0 Å². The van der Waals surface area contributed by atoms with Crippen molar-refractivity contribution in [2.45, 2.75) is 24.3 Å². The molecule has 0 aromatic heterocycles. The molecule has 0 saturated carbocycles. The lowest BCUT2D eigenvalue weighted by molar-refractivity contribution is -0.133. The number of nitrogens with one attached hydrogen (secondary N) is 1. The van der Waals surface area contributed by atoms with E-state index in [2.05, 4.69) is 12.2 Å². The molecule has 0 radical (unpaired) electrons. The van der Waals surface area contributed by atoms with Crippen molar-refractivity contribution in [3.05, 3.63) is 29.3 Å². The molecule has 2 rings (SSSR count). The van der Waals surface area contributed by atoms with E-state index in [4.69, 9.17) is 11.6 Å². The minimum absolute atomic E-state index is 0. The van der Waals surface area contributed by atoms with Gasteiger partial charge in [-0.1, -0.05) is 23.7 Å². The number of carbonyl (C=O) groups is 1. The molecule has 1 aliphatic heterocycles. The standard InChI is InChI=1S/C14H19ClN2OS.ClH/c1-11-10-16-7-8-17(11)14(18)6-9-19-13-5-3-2-4-12(13)15;/h2-5,11,16H,6-10H2,1H3;1H/t11-;/m1./s1. The van der Waals surface area contributed by atoms with Crippen LogP contribution in [-0.2, 0) is 4.79 Å². The van der Waals surface area contributed by atoms with Crippen molar-refractivity contribution in [2.75, 3.05) is 25.4 Å². The van der Waals surface area contributed by atoms with Crippen LogP contribution in [0, 0.1) is 0 Å². The van der Waals surface area contributed by atoms with E-state index in [1.54, 1.807) is 11.8 Å². The molecule has 1 aliphatic rings. The van der Waals surface area contributed by atoms with Gasteiger partial charge in [-0.3, -0.25) is 4.79 Å². The third-order valence-corrected chi connectivity index (χ3v) is 4.75. The van der Waals surface area contributed by atoms with E-state index < -0.39 is 0 Å². The Labute approximate surface area is 135 Å². The Morgan fingerprint density at radius 1 is 1.50 bits per heavy atom. The second-order valence-corrected chi connectivity index (χ2v) is 6.21. The quantitative estimate of drug-likeness (QED) is 0.859. The summed E-state index contributed by atoms with van der Waals surface area (Å²) < 4.78 is 0. The number of thioether (sulfide) groups is 1. The first kappa shape index (κ1) is 17.6. The van der Waals surface area contributed by atoms with Crippen LogP contribution in [0.15, 0.2) is 29.2 Å². The van der Waals surface area contributed by atoms with Crippen LogP contribution in [-0.4, -0.2) is 42.2 Å². The van der Waals surface area contributed by atoms with Gasteiger partial charge in [-0.15, -0.1) is 24.2 Å². The summed E-state index contributed by atoms with van der Waals surface area (Å²) in [6, 6.07) is 8.05. The highest BCUT2D eigenvalue weighted by atomic mass is 35.5. The van der Waals surface area contributed by atoms with Gasteiger partial charge < -0.3 is 10.2 Å². The second-order valence-electron chi connectivity index (χ2n) is 4.67. The van der Waals surface area contributed by atoms with Gasteiger partial charge >= 0.3 is 0 Å². The monoisotopic (exact) mass is 334 g/mol. The molecule has 1 N–H and O–H groups in total. The lowest BCUT2D eigenvalue weighted by Crippen LogP contribution is -2.52. The van der Waals surface area contributed by atoms with E-state index >= 15 is 0 Å². The van der Waals surface area contributed by atoms with Crippen LogP contribution in [0.4, 0.5) is 0 Å². The number of nitrogens with zero attached hydrogens (tertiary/aromatic N) is 1. The van der Waals surface area contributed by atoms with Gasteiger partial charge in [0, 0.05) is 42.7 Å². The second kappa shape index (κ2) is 8.78. The van der Waals surface area contributed by atoms with Crippen LogP contribution in [0.25, 0.3) is 0 Å². The Morgan fingerprint density at radius 2 is 2.25 bits per heavy atom. The third kappa shape index (κ3) is 4.85. The highest BCUT2D eigenvalue weighted by Gasteiger charge is 2.22. The molecule has 0 aliphatic carbocycles. The molecular weight excluding hydrogens is 315 g/mol. The molecule has 6 heteroatoms. The molecule has 0 spiro atoms. The highest BCUT2D eigenvalue weighted by molar-refractivity contribution is 7.99. The number of rotatable bonds is 4. The molecule has 20 heavy (non-hydrogen) atoms. The summed E-state index contributed by atoms with van der Waals surface area (Å²) in [7, 11) is 0. The molecule has 1 fully saturated rings. The van der Waals surface area contributed by atoms with E-state index in [1.807, 2.05) is 29.2 Å². The first-order valence-electron chi connectivity index (χ1n) is 6.56. The van der Waals surface area contributed by atoms with Gasteiger partial charge in [0.1, 0.15) is 0 Å². The van der Waals surface area contributed by atoms with Crippen LogP contribution < -0.4 is 5.32 Å². The maximum Gasteiger partial charge on any atom is 0.223 e. The molecule has 1 heterocycles. The fourth-order valence-electron chi connectivity index (χ4n) is 2.17. The van der Waals surface area contributed by atoms with Crippen molar-refractivity contribution in [1.82, 2.24) is 10.2 Å². The molecular formula is C14H20Cl2N2OS. The molecule has 112 valence electrons. The molecule has 0 unspecified atom stereocenters. The molecule has 1 saturated heterocycles. The van der Waals surface area contributed by atoms with Crippen molar-refractivity contribution in [3.63, 3.8) is 0 Å². The largest absolute Gasteiger partial charge is 0.337 e. The number of benzene rings is 1. The zero-order chi connectivity index (χ0) is 13.7. The maximum atomic E-state index is 12.1. The summed E-state index contributed by atoms with van der Waals surface area (Å²) >= 11 is 7.73. The number of carbonyl (C=O) groups excluding carboxylic acids is 1. The summed E-state index contributed by atoms with van der Waals surface area (Å²) in [5, 5.41) is 4.05. The zero-order valence-corrected chi connectivity index (χ0v) is 13.9. The van der Waals surface area contributed by atoms with Gasteiger partial charge in [0.2, 0.25) is 5.91 Å². The van der Waals surface area contributed by atoms with Crippen molar-refractivity contribution in [2.24, 2.45) is 0 Å². The van der Waals surface area contributed by atoms with Crippen LogP contribution in [0.1, 0.15) is 13.3 Å². The smallest absolute Gasteiger partial charge is 0.223 e. The van der Waals surface area contributed by atoms with Gasteiger partial charge in [0.25, 0.3) is 0 Å². The van der Waals surface area contributed by atoms with Crippen LogP contribution in [0.2, 0.25) is 5.02 Å². The van der Waals surface area contributed by atoms with Crippen molar-refractivity contribution in [1.29, 1.82) is 0 Å². The molecule has 0 bridgehead atoms. The SMILES string of the molecule is C[C@@H]1CNCCN1C(=O)CCSc1ccccc1Cl.Cl. The van der Waals surface area contributed by atoms with Gasteiger partial charge in [0.05, 0.1) is 5.02 Å². The molecule has 1 aromatic carbocycles. The van der Waals surface area contributed by atoms with Crippen molar-refractivity contribution < 1.29 is 4.79 Å². The Kier molecular flexibility index (Phi) is 7.74. The normalized spacial score (nSPS) is 18.5. The third-order valence-electron chi connectivity index (χ3n) is 3.23. The van der Waals surface area contributed by atoms with E-state index in [0.717, 1.165) is 35.3 Å². The highest BCUT2D eigenvalue weighted by Crippen LogP contribution is 2.27. The van der Waals surface area contributed by atoms with Crippen LogP contribution >= 0.6 is 35.8 Å². The lowest BCUT2D eigenvalue weighted by Gasteiger charge is -2.34.